The van der Waals surface area contributed by atoms with Gasteiger partial charge >= 0.3 is 0 Å². The van der Waals surface area contributed by atoms with Gasteiger partial charge in [0.25, 0.3) is 0 Å². The van der Waals surface area contributed by atoms with Crippen LogP contribution < -0.4 is 5.32 Å². The smallest absolute Gasteiger partial charge is 0.240 e. The van der Waals surface area contributed by atoms with Gasteiger partial charge in [-0.25, -0.2) is 0 Å². The topological polar surface area (TPSA) is 63.4 Å². The van der Waals surface area contributed by atoms with Gasteiger partial charge in [0.15, 0.2) is 5.82 Å². The first-order valence-electron chi connectivity index (χ1n) is 9.17. The van der Waals surface area contributed by atoms with Crippen LogP contribution in [0.15, 0.2) is 28.8 Å². The van der Waals surface area contributed by atoms with Crippen LogP contribution in [0.4, 0.5) is 0 Å². The summed E-state index contributed by atoms with van der Waals surface area (Å²) in [4.78, 5) is 6.88. The maximum Gasteiger partial charge on any atom is 0.240 e. The molecule has 1 aromatic carbocycles. The lowest BCUT2D eigenvalue weighted by atomic mass is 10.0. The minimum atomic E-state index is -0.165. The monoisotopic (exact) mass is 414 g/mol. The normalized spacial score (nSPS) is 19.1. The van der Waals surface area contributed by atoms with E-state index in [1.54, 1.807) is 0 Å². The van der Waals surface area contributed by atoms with E-state index in [0.717, 1.165) is 24.7 Å². The predicted octanol–water partition coefficient (Wildman–Crippen LogP) is 4.02. The van der Waals surface area contributed by atoms with Crippen molar-refractivity contribution >= 4 is 24.0 Å². The number of benzene rings is 1. The molecule has 1 aliphatic heterocycles. The average molecular weight is 415 g/mol. The van der Waals surface area contributed by atoms with Gasteiger partial charge in [0.05, 0.1) is 6.54 Å². The zero-order valence-electron chi connectivity index (χ0n) is 16.0. The molecule has 2 atom stereocenters. The molecule has 0 amide bonds. The molecular formula is C19H28Cl2N4O2. The molecule has 1 aliphatic rings. The number of hydrogen-bond donors (Lipinski definition) is 1. The maximum atomic E-state index is 6.17. The van der Waals surface area contributed by atoms with E-state index < -0.39 is 0 Å². The molecule has 0 spiro atoms. The van der Waals surface area contributed by atoms with Crippen LogP contribution in [0.25, 0.3) is 0 Å². The van der Waals surface area contributed by atoms with Crippen LogP contribution in [0.3, 0.4) is 0 Å². The molecule has 2 aromatic rings. The van der Waals surface area contributed by atoms with E-state index >= 15 is 0 Å². The Morgan fingerprint density at radius 2 is 2.19 bits per heavy atom. The van der Waals surface area contributed by atoms with Crippen LogP contribution in [0.2, 0.25) is 5.02 Å². The Morgan fingerprint density at radius 3 is 2.93 bits per heavy atom. The van der Waals surface area contributed by atoms with Crippen molar-refractivity contribution in [3.63, 3.8) is 0 Å². The summed E-state index contributed by atoms with van der Waals surface area (Å²) < 4.78 is 11.2. The minimum Gasteiger partial charge on any atom is -0.370 e. The Morgan fingerprint density at radius 1 is 1.37 bits per heavy atom. The molecule has 1 saturated heterocycles. The van der Waals surface area contributed by atoms with Crippen LogP contribution in [-0.2, 0) is 11.3 Å². The van der Waals surface area contributed by atoms with Gasteiger partial charge < -0.3 is 14.6 Å². The highest BCUT2D eigenvalue weighted by Gasteiger charge is 2.26. The Kier molecular flexibility index (Phi) is 8.51. The van der Waals surface area contributed by atoms with Crippen LogP contribution in [-0.4, -0.2) is 41.3 Å². The van der Waals surface area contributed by atoms with Crippen molar-refractivity contribution in [2.45, 2.75) is 39.5 Å². The molecule has 0 radical (unpaired) electrons. The van der Waals surface area contributed by atoms with E-state index in [1.807, 2.05) is 25.1 Å². The highest BCUT2D eigenvalue weighted by Crippen LogP contribution is 2.26. The zero-order valence-corrected chi connectivity index (χ0v) is 17.6. The van der Waals surface area contributed by atoms with E-state index in [0.29, 0.717) is 30.8 Å². The molecule has 0 saturated carbocycles. The first-order valence-corrected chi connectivity index (χ1v) is 9.55. The number of rotatable bonds is 7. The standard InChI is InChI=1S/C19H27ClN4O2.ClH/c1-13(2)12-25-14(3)19-22-18(26-23-19)11-24-8-7-21-10-17(24)15-5-4-6-16(20)9-15;/h4-6,9,13-14,17,21H,7-8,10-12H2,1-3H3;1H. The summed E-state index contributed by atoms with van der Waals surface area (Å²) in [7, 11) is 0. The fourth-order valence-electron chi connectivity index (χ4n) is 3.06. The van der Waals surface area contributed by atoms with Gasteiger partial charge in [-0.15, -0.1) is 12.4 Å². The molecule has 1 fully saturated rings. The second-order valence-corrected chi connectivity index (χ2v) is 7.60. The summed E-state index contributed by atoms with van der Waals surface area (Å²) in [6, 6.07) is 8.25. The summed E-state index contributed by atoms with van der Waals surface area (Å²) in [6.07, 6.45) is -0.165. The number of nitrogens with one attached hydrogen (secondary N) is 1. The number of halogens is 2. The van der Waals surface area contributed by atoms with Crippen LogP contribution in [0.5, 0.6) is 0 Å². The maximum absolute atomic E-state index is 6.17. The third kappa shape index (κ3) is 6.16. The second-order valence-electron chi connectivity index (χ2n) is 7.16. The van der Waals surface area contributed by atoms with Crippen molar-refractivity contribution in [2.24, 2.45) is 5.92 Å². The third-order valence-electron chi connectivity index (χ3n) is 4.45. The van der Waals surface area contributed by atoms with E-state index in [9.17, 15) is 0 Å². The summed E-state index contributed by atoms with van der Waals surface area (Å²) in [5.41, 5.74) is 1.19. The Labute approximate surface area is 172 Å². The lowest BCUT2D eigenvalue weighted by molar-refractivity contribution is 0.0402. The molecule has 0 bridgehead atoms. The van der Waals surface area contributed by atoms with Crippen LogP contribution in [0, 0.1) is 5.92 Å². The average Bonchev–Trinajstić information content (AvgIpc) is 3.09. The fraction of sp³-hybridized carbons (Fsp3) is 0.579. The number of nitrogens with zero attached hydrogens (tertiary/aromatic N) is 3. The Bertz CT molecular complexity index is 711. The molecule has 6 nitrogen and oxygen atoms in total. The summed E-state index contributed by atoms with van der Waals surface area (Å²) >= 11 is 6.17. The number of piperazine rings is 1. The van der Waals surface area contributed by atoms with Gasteiger partial charge in [-0.1, -0.05) is 42.7 Å². The molecule has 3 rings (SSSR count). The van der Waals surface area contributed by atoms with E-state index in [1.165, 1.54) is 5.56 Å². The lowest BCUT2D eigenvalue weighted by Crippen LogP contribution is -2.45. The first-order chi connectivity index (χ1) is 12.5. The molecule has 1 N–H and O–H groups in total. The van der Waals surface area contributed by atoms with Crippen molar-refractivity contribution in [3.05, 3.63) is 46.6 Å². The quantitative estimate of drug-likeness (QED) is 0.737. The molecule has 8 heteroatoms. The Balaban J connectivity index is 0.00000261. The highest BCUT2D eigenvalue weighted by molar-refractivity contribution is 6.30. The minimum absolute atomic E-state index is 0. The Hall–Kier alpha value is -1.18. The van der Waals surface area contributed by atoms with Crippen molar-refractivity contribution in [1.29, 1.82) is 0 Å². The fourth-order valence-corrected chi connectivity index (χ4v) is 3.26. The number of aromatic nitrogens is 2. The third-order valence-corrected chi connectivity index (χ3v) is 4.69. The van der Waals surface area contributed by atoms with Crippen LogP contribution >= 0.6 is 24.0 Å². The van der Waals surface area contributed by atoms with E-state index in [-0.39, 0.29) is 24.6 Å². The SMILES string of the molecule is CC(C)COC(C)c1noc(CN2CCNCC2c2cccc(Cl)c2)n1.Cl. The molecule has 2 unspecified atom stereocenters. The van der Waals surface area contributed by atoms with Crippen molar-refractivity contribution in [3.8, 4) is 0 Å². The predicted molar refractivity (Wildman–Crippen MR) is 108 cm³/mol. The van der Waals surface area contributed by atoms with Crippen LogP contribution in [0.1, 0.15) is 50.2 Å². The largest absolute Gasteiger partial charge is 0.370 e. The van der Waals surface area contributed by atoms with Crippen molar-refractivity contribution in [1.82, 2.24) is 20.4 Å². The molecular weight excluding hydrogens is 387 g/mol. The van der Waals surface area contributed by atoms with Gasteiger partial charge in [-0.3, -0.25) is 4.90 Å². The summed E-state index contributed by atoms with van der Waals surface area (Å²) in [5.74, 6) is 1.70. The molecule has 2 heterocycles. The molecule has 0 aliphatic carbocycles. The van der Waals surface area contributed by atoms with Gasteiger partial charge in [0.2, 0.25) is 5.89 Å². The molecule has 150 valence electrons. The second kappa shape index (κ2) is 10.4. The van der Waals surface area contributed by atoms with Gasteiger partial charge in [-0.05, 0) is 30.5 Å². The molecule has 27 heavy (non-hydrogen) atoms. The first kappa shape index (κ1) is 22.1. The van der Waals surface area contributed by atoms with E-state index in [2.05, 4.69) is 40.3 Å². The molecule has 1 aromatic heterocycles. The number of ether oxygens (including phenoxy) is 1. The number of hydrogen-bond acceptors (Lipinski definition) is 6. The zero-order chi connectivity index (χ0) is 18.5. The van der Waals surface area contributed by atoms with Gasteiger partial charge in [0.1, 0.15) is 6.10 Å². The van der Waals surface area contributed by atoms with Crippen molar-refractivity contribution in [2.75, 3.05) is 26.2 Å². The van der Waals surface area contributed by atoms with Crippen molar-refractivity contribution < 1.29 is 9.26 Å². The summed E-state index contributed by atoms with van der Waals surface area (Å²) in [6.45, 7) is 10.2. The lowest BCUT2D eigenvalue weighted by Gasteiger charge is -2.35. The summed E-state index contributed by atoms with van der Waals surface area (Å²) in [5, 5.41) is 8.30. The van der Waals surface area contributed by atoms with Gasteiger partial charge in [-0.2, -0.15) is 4.98 Å². The highest BCUT2D eigenvalue weighted by atomic mass is 35.5. The van der Waals surface area contributed by atoms with E-state index in [4.69, 9.17) is 20.9 Å². The van der Waals surface area contributed by atoms with Gasteiger partial charge in [0, 0.05) is 37.3 Å².